The number of hydrogen-bond donors (Lipinski definition) is 1. The second kappa shape index (κ2) is 5.72. The highest BCUT2D eigenvalue weighted by Crippen LogP contribution is 2.22. The van der Waals surface area contributed by atoms with Crippen molar-refractivity contribution >= 4 is 45.7 Å². The monoisotopic (exact) mass is 316 g/mol. The molecule has 2 aromatic carbocycles. The van der Waals surface area contributed by atoms with Gasteiger partial charge in [0, 0.05) is 10.4 Å². The van der Waals surface area contributed by atoms with Crippen molar-refractivity contribution in [2.24, 2.45) is 0 Å². The summed E-state index contributed by atoms with van der Waals surface area (Å²) >= 11 is 11.8. The zero-order valence-electron chi connectivity index (χ0n) is 10.8. The van der Waals surface area contributed by atoms with Gasteiger partial charge < -0.3 is 5.32 Å². The molecule has 1 amide bonds. The second-order valence-electron chi connectivity index (χ2n) is 4.49. The first kappa shape index (κ1) is 13.9. The summed E-state index contributed by atoms with van der Waals surface area (Å²) in [7, 11) is 0. The molecule has 0 atom stereocenters. The molecule has 3 rings (SSSR count). The van der Waals surface area contributed by atoms with Crippen LogP contribution in [-0.2, 0) is 0 Å². The Morgan fingerprint density at radius 3 is 2.67 bits per heavy atom. The summed E-state index contributed by atoms with van der Waals surface area (Å²) in [5.74, 6) is -0.297. The molecular weight excluding hydrogens is 307 g/mol. The van der Waals surface area contributed by atoms with Gasteiger partial charge in [0.25, 0.3) is 5.91 Å². The van der Waals surface area contributed by atoms with Crippen molar-refractivity contribution in [2.75, 3.05) is 5.32 Å². The molecule has 1 aromatic heterocycles. The summed E-state index contributed by atoms with van der Waals surface area (Å²) in [5, 5.41) is 4.54. The molecule has 0 saturated carbocycles. The van der Waals surface area contributed by atoms with Crippen molar-refractivity contribution in [2.45, 2.75) is 0 Å². The number of nitrogens with one attached hydrogen (secondary N) is 1. The van der Waals surface area contributed by atoms with Crippen molar-refractivity contribution < 1.29 is 4.79 Å². The van der Waals surface area contributed by atoms with Gasteiger partial charge in [0.05, 0.1) is 28.0 Å². The maximum atomic E-state index is 12.2. The van der Waals surface area contributed by atoms with E-state index in [0.717, 1.165) is 10.9 Å². The normalized spacial score (nSPS) is 10.6. The summed E-state index contributed by atoms with van der Waals surface area (Å²) in [6.07, 6.45) is 1.62. The van der Waals surface area contributed by atoms with Gasteiger partial charge in [-0.3, -0.25) is 9.78 Å². The number of para-hydroxylation sites is 1. The summed E-state index contributed by atoms with van der Waals surface area (Å²) in [6, 6.07) is 14.3. The minimum Gasteiger partial charge on any atom is -0.321 e. The van der Waals surface area contributed by atoms with Crippen LogP contribution in [0.1, 0.15) is 10.4 Å². The van der Waals surface area contributed by atoms with Crippen LogP contribution in [0.15, 0.2) is 54.7 Å². The Morgan fingerprint density at radius 1 is 1.05 bits per heavy atom. The minimum absolute atomic E-state index is 0.297. The number of carbonyl (C=O) groups is 1. The van der Waals surface area contributed by atoms with E-state index >= 15 is 0 Å². The van der Waals surface area contributed by atoms with E-state index in [-0.39, 0.29) is 5.91 Å². The highest BCUT2D eigenvalue weighted by Gasteiger charge is 2.11. The Hall–Kier alpha value is -2.10. The Bertz CT molecular complexity index is 833. The van der Waals surface area contributed by atoms with E-state index in [1.54, 1.807) is 18.3 Å². The van der Waals surface area contributed by atoms with Crippen LogP contribution in [0.2, 0.25) is 10.0 Å². The number of anilines is 1. The molecule has 0 aliphatic carbocycles. The van der Waals surface area contributed by atoms with Crippen LogP contribution in [0, 0.1) is 0 Å². The number of rotatable bonds is 2. The molecule has 0 saturated heterocycles. The van der Waals surface area contributed by atoms with Gasteiger partial charge in [0.1, 0.15) is 0 Å². The van der Waals surface area contributed by atoms with E-state index in [0.29, 0.717) is 21.3 Å². The molecule has 0 radical (unpaired) electrons. The highest BCUT2D eigenvalue weighted by molar-refractivity contribution is 6.37. The van der Waals surface area contributed by atoms with Gasteiger partial charge in [-0.15, -0.1) is 0 Å². The van der Waals surface area contributed by atoms with E-state index in [2.05, 4.69) is 10.3 Å². The van der Waals surface area contributed by atoms with Crippen molar-refractivity contribution in [1.82, 2.24) is 4.98 Å². The second-order valence-corrected chi connectivity index (χ2v) is 5.34. The number of aromatic nitrogens is 1. The third-order valence-corrected chi connectivity index (χ3v) is 3.57. The molecule has 1 heterocycles. The molecule has 1 N–H and O–H groups in total. The van der Waals surface area contributed by atoms with Crippen molar-refractivity contribution in [3.05, 3.63) is 70.3 Å². The molecule has 0 fully saturated rings. The van der Waals surface area contributed by atoms with Crippen molar-refractivity contribution in [3.8, 4) is 0 Å². The molecule has 0 spiro atoms. The van der Waals surface area contributed by atoms with E-state index in [1.165, 1.54) is 6.07 Å². The lowest BCUT2D eigenvalue weighted by Crippen LogP contribution is -2.12. The van der Waals surface area contributed by atoms with Crippen LogP contribution < -0.4 is 5.32 Å². The first-order valence-electron chi connectivity index (χ1n) is 6.25. The number of amides is 1. The van der Waals surface area contributed by atoms with E-state index in [1.807, 2.05) is 30.3 Å². The topological polar surface area (TPSA) is 42.0 Å². The fourth-order valence-electron chi connectivity index (χ4n) is 2.01. The average molecular weight is 317 g/mol. The van der Waals surface area contributed by atoms with Crippen LogP contribution in [0.5, 0.6) is 0 Å². The first-order valence-corrected chi connectivity index (χ1v) is 7.00. The first-order chi connectivity index (χ1) is 10.1. The molecule has 3 aromatic rings. The quantitative estimate of drug-likeness (QED) is 0.738. The average Bonchev–Trinajstić information content (AvgIpc) is 2.47. The number of halogens is 2. The van der Waals surface area contributed by atoms with Crippen molar-refractivity contribution in [3.63, 3.8) is 0 Å². The smallest absolute Gasteiger partial charge is 0.257 e. The Kier molecular flexibility index (Phi) is 3.78. The van der Waals surface area contributed by atoms with Crippen molar-refractivity contribution in [1.29, 1.82) is 0 Å². The maximum absolute atomic E-state index is 12.2. The third kappa shape index (κ3) is 2.99. The van der Waals surface area contributed by atoms with Gasteiger partial charge in [-0.05, 0) is 30.3 Å². The number of pyridine rings is 1. The largest absolute Gasteiger partial charge is 0.321 e. The predicted octanol–water partition coefficient (Wildman–Crippen LogP) is 4.79. The van der Waals surface area contributed by atoms with E-state index in [9.17, 15) is 4.79 Å². The van der Waals surface area contributed by atoms with Gasteiger partial charge in [0.2, 0.25) is 0 Å². The van der Waals surface area contributed by atoms with Gasteiger partial charge >= 0.3 is 0 Å². The van der Waals surface area contributed by atoms with Crippen LogP contribution in [0.4, 0.5) is 5.69 Å². The lowest BCUT2D eigenvalue weighted by atomic mass is 10.2. The molecule has 5 heteroatoms. The molecular formula is C16H10Cl2N2O. The molecule has 3 nitrogen and oxygen atoms in total. The van der Waals surface area contributed by atoms with Gasteiger partial charge in [-0.1, -0.05) is 41.4 Å². The van der Waals surface area contributed by atoms with Crippen LogP contribution >= 0.6 is 23.2 Å². The Labute approximate surface area is 131 Å². The number of fused-ring (bicyclic) bond motifs is 1. The standard InChI is InChI=1S/C16H10Cl2N2O/c17-11-5-6-13(14(18)8-11)16(21)20-12-7-10-3-1-2-4-15(10)19-9-12/h1-9H,(H,20,21). The minimum atomic E-state index is -0.297. The molecule has 104 valence electrons. The molecule has 0 aliphatic rings. The summed E-state index contributed by atoms with van der Waals surface area (Å²) in [4.78, 5) is 16.5. The SMILES string of the molecule is O=C(Nc1cnc2ccccc2c1)c1ccc(Cl)cc1Cl. The highest BCUT2D eigenvalue weighted by atomic mass is 35.5. The maximum Gasteiger partial charge on any atom is 0.257 e. The summed E-state index contributed by atoms with van der Waals surface area (Å²) in [6.45, 7) is 0. The molecule has 0 bridgehead atoms. The molecule has 21 heavy (non-hydrogen) atoms. The lowest BCUT2D eigenvalue weighted by molar-refractivity contribution is 0.102. The summed E-state index contributed by atoms with van der Waals surface area (Å²) in [5.41, 5.74) is 1.86. The third-order valence-electron chi connectivity index (χ3n) is 3.02. The molecule has 0 aliphatic heterocycles. The Morgan fingerprint density at radius 2 is 1.86 bits per heavy atom. The van der Waals surface area contributed by atoms with Gasteiger partial charge in [0.15, 0.2) is 0 Å². The number of nitrogens with zero attached hydrogens (tertiary/aromatic N) is 1. The number of carbonyl (C=O) groups excluding carboxylic acids is 1. The predicted molar refractivity (Wildman–Crippen MR) is 86.2 cm³/mol. The van der Waals surface area contributed by atoms with Crippen LogP contribution in [0.25, 0.3) is 10.9 Å². The fraction of sp³-hybridized carbons (Fsp3) is 0. The zero-order chi connectivity index (χ0) is 14.8. The number of hydrogen-bond acceptors (Lipinski definition) is 2. The van der Waals surface area contributed by atoms with Gasteiger partial charge in [-0.25, -0.2) is 0 Å². The van der Waals surface area contributed by atoms with Crippen LogP contribution in [0.3, 0.4) is 0 Å². The summed E-state index contributed by atoms with van der Waals surface area (Å²) < 4.78 is 0. The fourth-order valence-corrected chi connectivity index (χ4v) is 2.51. The Balaban J connectivity index is 1.89. The molecule has 0 unspecified atom stereocenters. The number of benzene rings is 2. The van der Waals surface area contributed by atoms with E-state index < -0.39 is 0 Å². The van der Waals surface area contributed by atoms with Gasteiger partial charge in [-0.2, -0.15) is 0 Å². The van der Waals surface area contributed by atoms with Crippen LogP contribution in [-0.4, -0.2) is 10.9 Å². The lowest BCUT2D eigenvalue weighted by Gasteiger charge is -2.07. The zero-order valence-corrected chi connectivity index (χ0v) is 12.3. The van der Waals surface area contributed by atoms with E-state index in [4.69, 9.17) is 23.2 Å².